The van der Waals surface area contributed by atoms with Crippen LogP contribution in [-0.4, -0.2) is 9.97 Å². The van der Waals surface area contributed by atoms with E-state index in [2.05, 4.69) is 15.3 Å². The summed E-state index contributed by atoms with van der Waals surface area (Å²) in [6.07, 6.45) is 11.4. The van der Waals surface area contributed by atoms with Crippen molar-refractivity contribution in [2.45, 2.75) is 77.0 Å². The smallest absolute Gasteiger partial charge is 0.260 e. The molecule has 2 aromatic carbocycles. The summed E-state index contributed by atoms with van der Waals surface area (Å²) in [5.41, 5.74) is 3.35. The van der Waals surface area contributed by atoms with Crippen LogP contribution in [-0.2, 0) is 25.7 Å². The summed E-state index contributed by atoms with van der Waals surface area (Å²) >= 11 is 0. The first kappa shape index (κ1) is 22.0. The molecule has 0 amide bonds. The lowest BCUT2D eigenvalue weighted by Crippen LogP contribution is -2.14. The molecule has 2 aliphatic rings. The molecule has 3 N–H and O–H groups in total. The van der Waals surface area contributed by atoms with Gasteiger partial charge in [-0.05, 0) is 85.8 Å². The van der Waals surface area contributed by atoms with Crippen LogP contribution in [0, 0.1) is 0 Å². The second kappa shape index (κ2) is 8.63. The minimum Gasteiger partial charge on any atom is -0.354 e. The molecule has 2 aliphatic carbocycles. The van der Waals surface area contributed by atoms with E-state index in [9.17, 15) is 19.2 Å². The Labute approximate surface area is 201 Å². The van der Waals surface area contributed by atoms with Gasteiger partial charge in [-0.2, -0.15) is 0 Å². The van der Waals surface area contributed by atoms with Gasteiger partial charge in [-0.1, -0.05) is 25.7 Å². The molecule has 0 fully saturated rings. The van der Waals surface area contributed by atoms with E-state index in [0.717, 1.165) is 99.3 Å². The molecule has 0 radical (unpaired) electrons. The molecular formula is C28H29N3O4. The van der Waals surface area contributed by atoms with Crippen LogP contribution >= 0.6 is 0 Å². The van der Waals surface area contributed by atoms with Gasteiger partial charge in [0.2, 0.25) is 0 Å². The Hall–Kier alpha value is -3.48. The van der Waals surface area contributed by atoms with Crippen LogP contribution in [0.25, 0.3) is 21.5 Å². The zero-order chi connectivity index (χ0) is 24.1. The number of nitrogens with one attached hydrogen (secondary N) is 3. The minimum absolute atomic E-state index is 0.369. The summed E-state index contributed by atoms with van der Waals surface area (Å²) in [5, 5.41) is 5.39. The van der Waals surface area contributed by atoms with Gasteiger partial charge in [0.1, 0.15) is 0 Å². The third kappa shape index (κ3) is 3.65. The molecule has 0 spiro atoms. The van der Waals surface area contributed by atoms with Crippen LogP contribution < -0.4 is 27.6 Å². The minimum atomic E-state index is -0.405. The second-order valence-electron chi connectivity index (χ2n) is 10.1. The predicted molar refractivity (Wildman–Crippen MR) is 139 cm³/mol. The van der Waals surface area contributed by atoms with Gasteiger partial charge < -0.3 is 5.32 Å². The maximum atomic E-state index is 13.2. The first-order chi connectivity index (χ1) is 17.0. The van der Waals surface area contributed by atoms with Gasteiger partial charge in [0.15, 0.2) is 0 Å². The summed E-state index contributed by atoms with van der Waals surface area (Å²) < 4.78 is 0. The standard InChI is InChI=1S/C28H29N3O4/c32-25-19-13-21(23(27(34)30-25)17-11-7-3-1-5-9-15(17)19)29-22-14-20-16-10-6-2-4-8-12-18(16)24(22)28(35)31-26(20)33/h13-14,29H,1-12H2,(H,30,32,34)(H,31,33,35). The van der Waals surface area contributed by atoms with E-state index in [0.29, 0.717) is 32.9 Å². The fourth-order valence-electron chi connectivity index (χ4n) is 6.33. The average Bonchev–Trinajstić information content (AvgIpc) is 3.06. The quantitative estimate of drug-likeness (QED) is 0.409. The highest BCUT2D eigenvalue weighted by molar-refractivity contribution is 5.96. The molecule has 0 saturated heterocycles. The molecule has 0 saturated carbocycles. The van der Waals surface area contributed by atoms with Gasteiger partial charge in [-0.15, -0.1) is 0 Å². The van der Waals surface area contributed by atoms with Crippen molar-refractivity contribution in [2.24, 2.45) is 0 Å². The Morgan fingerprint density at radius 1 is 0.486 bits per heavy atom. The van der Waals surface area contributed by atoms with Crippen LogP contribution in [0.2, 0.25) is 0 Å². The summed E-state index contributed by atoms with van der Waals surface area (Å²) in [5.74, 6) is 0. The van der Waals surface area contributed by atoms with Crippen molar-refractivity contribution >= 4 is 32.9 Å². The molecule has 7 heteroatoms. The Morgan fingerprint density at radius 3 is 1.26 bits per heavy atom. The highest BCUT2D eigenvalue weighted by Gasteiger charge is 2.23. The predicted octanol–water partition coefficient (Wildman–Crippen LogP) is 4.03. The van der Waals surface area contributed by atoms with Gasteiger partial charge in [0.05, 0.1) is 22.1 Å². The fraction of sp³-hybridized carbons (Fsp3) is 0.429. The molecule has 6 aromatic rings. The maximum absolute atomic E-state index is 13.2. The summed E-state index contributed by atoms with van der Waals surface area (Å²) in [4.78, 5) is 57.2. The summed E-state index contributed by atoms with van der Waals surface area (Å²) in [6, 6.07) is 3.52. The third-order valence-electron chi connectivity index (χ3n) is 7.97. The Balaban J connectivity index is 1.61. The lowest BCUT2D eigenvalue weighted by atomic mass is 9.88. The van der Waals surface area contributed by atoms with Crippen molar-refractivity contribution < 1.29 is 0 Å². The third-order valence-corrected chi connectivity index (χ3v) is 7.97. The fourth-order valence-corrected chi connectivity index (χ4v) is 6.33. The van der Waals surface area contributed by atoms with Crippen molar-refractivity contribution in [2.75, 3.05) is 5.32 Å². The zero-order valence-electron chi connectivity index (χ0n) is 19.8. The van der Waals surface area contributed by atoms with Crippen LogP contribution in [0.5, 0.6) is 0 Å². The summed E-state index contributed by atoms with van der Waals surface area (Å²) in [7, 11) is 0. The van der Waals surface area contributed by atoms with Crippen LogP contribution in [0.15, 0.2) is 31.3 Å². The molecule has 7 nitrogen and oxygen atoms in total. The van der Waals surface area contributed by atoms with Crippen LogP contribution in [0.3, 0.4) is 0 Å². The first-order valence-corrected chi connectivity index (χ1v) is 12.9. The number of benzene rings is 2. The van der Waals surface area contributed by atoms with E-state index in [1.807, 2.05) is 0 Å². The van der Waals surface area contributed by atoms with Crippen molar-refractivity contribution in [3.8, 4) is 0 Å². The Bertz CT molecular complexity index is 1540. The number of anilines is 2. The molecule has 8 rings (SSSR count). The number of H-pyrrole nitrogens is 2. The van der Waals surface area contributed by atoms with Crippen LogP contribution in [0.4, 0.5) is 11.4 Å². The van der Waals surface area contributed by atoms with Gasteiger partial charge in [-0.25, -0.2) is 0 Å². The van der Waals surface area contributed by atoms with E-state index in [4.69, 9.17) is 0 Å². The van der Waals surface area contributed by atoms with E-state index >= 15 is 0 Å². The van der Waals surface area contributed by atoms with Crippen molar-refractivity contribution in [1.29, 1.82) is 0 Å². The van der Waals surface area contributed by atoms with E-state index in [1.165, 1.54) is 0 Å². The van der Waals surface area contributed by atoms with Gasteiger partial charge in [-0.3, -0.25) is 29.1 Å². The highest BCUT2D eigenvalue weighted by atomic mass is 16.2. The molecule has 0 unspecified atom stereocenters. The highest BCUT2D eigenvalue weighted by Crippen LogP contribution is 2.36. The van der Waals surface area contributed by atoms with E-state index in [1.54, 1.807) is 12.1 Å². The molecule has 4 bridgehead atoms. The largest absolute Gasteiger partial charge is 0.354 e. The topological polar surface area (TPSA) is 112 Å². The van der Waals surface area contributed by atoms with Crippen molar-refractivity contribution in [1.82, 2.24) is 9.97 Å². The van der Waals surface area contributed by atoms with Crippen molar-refractivity contribution in [3.05, 3.63) is 75.8 Å². The Kier molecular flexibility index (Phi) is 5.43. The normalized spacial score (nSPS) is 16.8. The molecular weight excluding hydrogens is 442 g/mol. The molecule has 4 aromatic heterocycles. The number of hydrogen-bond donors (Lipinski definition) is 3. The van der Waals surface area contributed by atoms with Gasteiger partial charge in [0.25, 0.3) is 22.2 Å². The maximum Gasteiger partial charge on any atom is 0.260 e. The molecule has 0 aliphatic heterocycles. The second-order valence-corrected chi connectivity index (χ2v) is 10.1. The monoisotopic (exact) mass is 471 g/mol. The van der Waals surface area contributed by atoms with E-state index in [-0.39, 0.29) is 11.1 Å². The van der Waals surface area contributed by atoms with Crippen molar-refractivity contribution in [3.63, 3.8) is 0 Å². The summed E-state index contributed by atoms with van der Waals surface area (Å²) in [6.45, 7) is 0. The molecule has 180 valence electrons. The Morgan fingerprint density at radius 2 is 0.857 bits per heavy atom. The average molecular weight is 472 g/mol. The number of rotatable bonds is 2. The van der Waals surface area contributed by atoms with E-state index < -0.39 is 11.1 Å². The van der Waals surface area contributed by atoms with Gasteiger partial charge >= 0.3 is 0 Å². The first-order valence-electron chi connectivity index (χ1n) is 12.9. The number of fused-ring (bicyclic) bond motifs is 6. The SMILES string of the molecule is O=c1[nH]c(=O)c2c(Nc3cc4c5c(c3c(=O)[nH]c4=O)CCCCCC5)cc1c1c2CCCCCC1. The number of aromatic nitrogens is 2. The molecule has 0 atom stereocenters. The van der Waals surface area contributed by atoms with Gasteiger partial charge in [0, 0.05) is 10.8 Å². The zero-order valence-corrected chi connectivity index (χ0v) is 19.8. The number of aromatic amines is 2. The molecule has 35 heavy (non-hydrogen) atoms. The molecule has 4 heterocycles. The number of aryl methyl sites for hydroxylation is 4. The lowest BCUT2D eigenvalue weighted by molar-refractivity contribution is 0.620. The lowest BCUT2D eigenvalue weighted by Gasteiger charge is -2.20. The van der Waals surface area contributed by atoms with Crippen LogP contribution in [0.1, 0.15) is 73.6 Å². The number of hydrogen-bond acceptors (Lipinski definition) is 5.